The third-order valence-corrected chi connectivity index (χ3v) is 4.00. The molecule has 0 radical (unpaired) electrons. The van der Waals surface area contributed by atoms with E-state index in [1.165, 1.54) is 12.3 Å². The second kappa shape index (κ2) is 6.88. The number of fused-ring (bicyclic) bond motifs is 1. The van der Waals surface area contributed by atoms with Crippen molar-refractivity contribution in [2.45, 2.75) is 32.2 Å². The van der Waals surface area contributed by atoms with Crippen LogP contribution in [0.25, 0.3) is 0 Å². The van der Waals surface area contributed by atoms with Gasteiger partial charge in [-0.15, -0.1) is 0 Å². The van der Waals surface area contributed by atoms with Crippen molar-refractivity contribution in [1.29, 1.82) is 0 Å². The normalized spacial score (nSPS) is 14.4. The van der Waals surface area contributed by atoms with Gasteiger partial charge in [0.1, 0.15) is 5.82 Å². The van der Waals surface area contributed by atoms with Gasteiger partial charge in [-0.1, -0.05) is 0 Å². The summed E-state index contributed by atoms with van der Waals surface area (Å²) >= 11 is 0. The van der Waals surface area contributed by atoms with Crippen molar-refractivity contribution >= 4 is 23.3 Å². The lowest BCUT2D eigenvalue weighted by atomic mass is 9.99. The predicted octanol–water partition coefficient (Wildman–Crippen LogP) is 2.69. The van der Waals surface area contributed by atoms with Crippen LogP contribution in [0.2, 0.25) is 0 Å². The van der Waals surface area contributed by atoms with Crippen LogP contribution in [0.15, 0.2) is 34.9 Å². The fourth-order valence-corrected chi connectivity index (χ4v) is 2.74. The molecule has 1 atom stereocenters. The SMILES string of the molecule is C[C@@H](CC(=O)c1ccco1)NC(=O)c1cc2c(cc1F)NC(=O)CC2. The highest BCUT2D eigenvalue weighted by Gasteiger charge is 2.22. The van der Waals surface area contributed by atoms with Gasteiger partial charge in [-0.05, 0) is 43.2 Å². The summed E-state index contributed by atoms with van der Waals surface area (Å²) in [5, 5.41) is 5.20. The number of hydrogen-bond acceptors (Lipinski definition) is 4. The molecule has 0 unspecified atom stereocenters. The number of hydrogen-bond donors (Lipinski definition) is 2. The summed E-state index contributed by atoms with van der Waals surface area (Å²) < 4.78 is 19.2. The zero-order valence-electron chi connectivity index (χ0n) is 13.6. The fraction of sp³-hybridized carbons (Fsp3) is 0.278. The number of amides is 2. The van der Waals surface area contributed by atoms with Crippen LogP contribution in [0.3, 0.4) is 0 Å². The smallest absolute Gasteiger partial charge is 0.254 e. The molecule has 0 saturated carbocycles. The zero-order valence-corrected chi connectivity index (χ0v) is 13.6. The zero-order chi connectivity index (χ0) is 18.0. The molecule has 1 aromatic heterocycles. The van der Waals surface area contributed by atoms with Gasteiger partial charge in [-0.2, -0.15) is 0 Å². The maximum Gasteiger partial charge on any atom is 0.254 e. The van der Waals surface area contributed by atoms with Crippen molar-refractivity contribution in [3.05, 3.63) is 53.2 Å². The molecule has 2 N–H and O–H groups in total. The Balaban J connectivity index is 1.68. The first-order valence-electron chi connectivity index (χ1n) is 7.94. The van der Waals surface area contributed by atoms with Gasteiger partial charge in [0.2, 0.25) is 5.91 Å². The summed E-state index contributed by atoms with van der Waals surface area (Å²) in [6.45, 7) is 1.66. The monoisotopic (exact) mass is 344 g/mol. The number of furan rings is 1. The van der Waals surface area contributed by atoms with Crippen molar-refractivity contribution in [3.63, 3.8) is 0 Å². The topological polar surface area (TPSA) is 88.4 Å². The van der Waals surface area contributed by atoms with Crippen LogP contribution in [0.1, 0.15) is 46.2 Å². The number of carbonyl (C=O) groups excluding carboxylic acids is 3. The Morgan fingerprint density at radius 3 is 2.88 bits per heavy atom. The largest absolute Gasteiger partial charge is 0.461 e. The number of ketones is 1. The molecule has 0 saturated heterocycles. The molecule has 2 heterocycles. The number of aryl methyl sites for hydroxylation is 1. The fourth-order valence-electron chi connectivity index (χ4n) is 2.74. The van der Waals surface area contributed by atoms with Crippen LogP contribution in [-0.2, 0) is 11.2 Å². The van der Waals surface area contributed by atoms with E-state index in [9.17, 15) is 18.8 Å². The Hall–Kier alpha value is -2.96. The standard InChI is InChI=1S/C18H17FN2O4/c1-10(7-15(22)16-3-2-6-25-16)20-18(24)12-8-11-4-5-17(23)21-14(11)9-13(12)19/h2-3,6,8-10H,4-5,7H2,1H3,(H,20,24)(H,21,23)/t10-/m0/s1. The van der Waals surface area contributed by atoms with Crippen molar-refractivity contribution in [2.75, 3.05) is 5.32 Å². The average molecular weight is 344 g/mol. The minimum absolute atomic E-state index is 0.0435. The summed E-state index contributed by atoms with van der Waals surface area (Å²) in [6, 6.07) is 5.27. The van der Waals surface area contributed by atoms with E-state index >= 15 is 0 Å². The number of Topliss-reactive ketones (excluding diaryl/α,β-unsaturated/α-hetero) is 1. The quantitative estimate of drug-likeness (QED) is 0.816. The second-order valence-electron chi connectivity index (χ2n) is 6.02. The van der Waals surface area contributed by atoms with E-state index in [1.54, 1.807) is 19.1 Å². The molecule has 130 valence electrons. The minimum atomic E-state index is -0.719. The number of benzene rings is 1. The maximum atomic E-state index is 14.2. The molecule has 0 bridgehead atoms. The number of nitrogens with one attached hydrogen (secondary N) is 2. The third kappa shape index (κ3) is 3.76. The van der Waals surface area contributed by atoms with E-state index in [4.69, 9.17) is 4.42 Å². The summed E-state index contributed by atoms with van der Waals surface area (Å²) in [5.41, 5.74) is 1.00. The van der Waals surface area contributed by atoms with Crippen molar-refractivity contribution < 1.29 is 23.2 Å². The number of halogens is 1. The van der Waals surface area contributed by atoms with Crippen LogP contribution >= 0.6 is 0 Å². The van der Waals surface area contributed by atoms with E-state index in [0.717, 1.165) is 6.07 Å². The Labute approximate surface area is 143 Å². The molecule has 0 aliphatic carbocycles. The van der Waals surface area contributed by atoms with Crippen LogP contribution in [-0.4, -0.2) is 23.6 Å². The van der Waals surface area contributed by atoms with E-state index in [2.05, 4.69) is 10.6 Å². The molecule has 1 aliphatic heterocycles. The van der Waals surface area contributed by atoms with Crippen molar-refractivity contribution in [3.8, 4) is 0 Å². The molecule has 0 fully saturated rings. The van der Waals surface area contributed by atoms with E-state index in [-0.39, 0.29) is 29.4 Å². The highest BCUT2D eigenvalue weighted by Crippen LogP contribution is 2.26. The molecule has 0 spiro atoms. The van der Waals surface area contributed by atoms with Gasteiger partial charge in [0, 0.05) is 24.6 Å². The van der Waals surface area contributed by atoms with Gasteiger partial charge < -0.3 is 15.1 Å². The Morgan fingerprint density at radius 1 is 1.36 bits per heavy atom. The lowest BCUT2D eigenvalue weighted by Crippen LogP contribution is -2.35. The molecular weight excluding hydrogens is 327 g/mol. The van der Waals surface area contributed by atoms with Gasteiger partial charge in [-0.25, -0.2) is 4.39 Å². The molecule has 1 aromatic carbocycles. The molecule has 2 amide bonds. The lowest BCUT2D eigenvalue weighted by Gasteiger charge is -2.19. The molecule has 2 aromatic rings. The predicted molar refractivity (Wildman–Crippen MR) is 87.9 cm³/mol. The van der Waals surface area contributed by atoms with Gasteiger partial charge in [0.15, 0.2) is 11.5 Å². The first-order chi connectivity index (χ1) is 11.9. The lowest BCUT2D eigenvalue weighted by molar-refractivity contribution is -0.116. The Morgan fingerprint density at radius 2 is 2.16 bits per heavy atom. The van der Waals surface area contributed by atoms with Gasteiger partial charge >= 0.3 is 0 Å². The highest BCUT2D eigenvalue weighted by atomic mass is 19.1. The van der Waals surface area contributed by atoms with E-state index < -0.39 is 17.8 Å². The average Bonchev–Trinajstić information content (AvgIpc) is 3.08. The maximum absolute atomic E-state index is 14.2. The van der Waals surface area contributed by atoms with Crippen molar-refractivity contribution in [2.24, 2.45) is 0 Å². The van der Waals surface area contributed by atoms with Crippen LogP contribution in [0, 0.1) is 5.82 Å². The first kappa shape index (κ1) is 16.9. The molecule has 6 nitrogen and oxygen atoms in total. The highest BCUT2D eigenvalue weighted by molar-refractivity contribution is 5.99. The summed E-state index contributed by atoms with van der Waals surface area (Å²) in [5.74, 6) is -1.52. The molecule has 3 rings (SSSR count). The Bertz CT molecular complexity index is 830. The molecule has 1 aliphatic rings. The number of carbonyl (C=O) groups is 3. The number of rotatable bonds is 5. The minimum Gasteiger partial charge on any atom is -0.461 e. The molecule has 25 heavy (non-hydrogen) atoms. The van der Waals surface area contributed by atoms with Crippen LogP contribution in [0.4, 0.5) is 10.1 Å². The number of anilines is 1. The first-order valence-corrected chi connectivity index (χ1v) is 7.94. The van der Waals surface area contributed by atoms with Crippen LogP contribution in [0.5, 0.6) is 0 Å². The molecular formula is C18H17FN2O4. The second-order valence-corrected chi connectivity index (χ2v) is 6.02. The Kier molecular flexibility index (Phi) is 4.65. The molecule has 7 heteroatoms. The van der Waals surface area contributed by atoms with Gasteiger partial charge in [0.05, 0.1) is 11.8 Å². The van der Waals surface area contributed by atoms with Crippen molar-refractivity contribution in [1.82, 2.24) is 5.32 Å². The third-order valence-electron chi connectivity index (χ3n) is 4.00. The van der Waals surface area contributed by atoms with E-state index in [1.807, 2.05) is 0 Å². The summed E-state index contributed by atoms with van der Waals surface area (Å²) in [4.78, 5) is 35.6. The summed E-state index contributed by atoms with van der Waals surface area (Å²) in [7, 11) is 0. The van der Waals surface area contributed by atoms with Gasteiger partial charge in [-0.3, -0.25) is 14.4 Å². The van der Waals surface area contributed by atoms with E-state index in [0.29, 0.717) is 24.1 Å². The summed E-state index contributed by atoms with van der Waals surface area (Å²) in [6.07, 6.45) is 2.20. The van der Waals surface area contributed by atoms with Gasteiger partial charge in [0.25, 0.3) is 5.91 Å². The van der Waals surface area contributed by atoms with Crippen LogP contribution < -0.4 is 10.6 Å².